The molecule has 1 atom stereocenters. The molecule has 0 aliphatic carbocycles. The van der Waals surface area contributed by atoms with Crippen LogP contribution in [0, 0.1) is 0 Å². The molecule has 5 heteroatoms. The molecule has 2 amide bonds. The summed E-state index contributed by atoms with van der Waals surface area (Å²) >= 11 is 5.83. The summed E-state index contributed by atoms with van der Waals surface area (Å²) in [5, 5.41) is 6.19. The van der Waals surface area contributed by atoms with Crippen LogP contribution in [0.2, 0.25) is 5.02 Å². The third-order valence-corrected chi connectivity index (χ3v) is 3.66. The topological polar surface area (TPSA) is 58.2 Å². The van der Waals surface area contributed by atoms with E-state index in [0.29, 0.717) is 23.6 Å². The zero-order chi connectivity index (χ0) is 16.7. The molecule has 4 nitrogen and oxygen atoms in total. The van der Waals surface area contributed by atoms with Gasteiger partial charge in [0.2, 0.25) is 5.91 Å². The van der Waals surface area contributed by atoms with Gasteiger partial charge in [0.25, 0.3) is 5.91 Å². The van der Waals surface area contributed by atoms with E-state index in [2.05, 4.69) is 10.6 Å². The van der Waals surface area contributed by atoms with Crippen LogP contribution in [0.3, 0.4) is 0 Å². The van der Waals surface area contributed by atoms with E-state index in [1.165, 1.54) is 0 Å². The molecule has 0 aliphatic heterocycles. The number of carbonyl (C=O) groups excluding carboxylic acids is 2. The van der Waals surface area contributed by atoms with Crippen molar-refractivity contribution in [3.63, 3.8) is 0 Å². The first-order valence-corrected chi connectivity index (χ1v) is 7.82. The van der Waals surface area contributed by atoms with E-state index < -0.39 is 6.04 Å². The van der Waals surface area contributed by atoms with E-state index in [-0.39, 0.29) is 11.8 Å². The lowest BCUT2D eigenvalue weighted by Gasteiger charge is -2.14. The fourth-order valence-electron chi connectivity index (χ4n) is 2.07. The Balaban J connectivity index is 1.76. The van der Waals surface area contributed by atoms with Crippen molar-refractivity contribution in [1.82, 2.24) is 10.6 Å². The molecule has 0 saturated carbocycles. The van der Waals surface area contributed by atoms with Crippen molar-refractivity contribution in [2.75, 3.05) is 6.54 Å². The lowest BCUT2D eigenvalue weighted by atomic mass is 10.1. The first-order chi connectivity index (χ1) is 11.1. The average Bonchev–Trinajstić information content (AvgIpc) is 2.57. The maximum atomic E-state index is 12.0. The summed E-state index contributed by atoms with van der Waals surface area (Å²) in [6, 6.07) is 15.7. The van der Waals surface area contributed by atoms with Gasteiger partial charge in [-0.1, -0.05) is 41.9 Å². The maximum Gasteiger partial charge on any atom is 0.251 e. The van der Waals surface area contributed by atoms with Crippen LogP contribution in [-0.4, -0.2) is 24.4 Å². The first-order valence-electron chi connectivity index (χ1n) is 7.44. The van der Waals surface area contributed by atoms with Gasteiger partial charge < -0.3 is 10.6 Å². The quantitative estimate of drug-likeness (QED) is 0.855. The minimum atomic E-state index is -0.590. The van der Waals surface area contributed by atoms with Gasteiger partial charge in [-0.2, -0.15) is 0 Å². The van der Waals surface area contributed by atoms with E-state index in [4.69, 9.17) is 11.6 Å². The van der Waals surface area contributed by atoms with E-state index in [0.717, 1.165) is 5.56 Å². The molecule has 0 aromatic heterocycles. The van der Waals surface area contributed by atoms with Crippen LogP contribution in [0.25, 0.3) is 0 Å². The number of carbonyl (C=O) groups is 2. The van der Waals surface area contributed by atoms with Crippen molar-refractivity contribution in [3.05, 3.63) is 70.7 Å². The van der Waals surface area contributed by atoms with Crippen LogP contribution >= 0.6 is 11.6 Å². The summed E-state index contributed by atoms with van der Waals surface area (Å²) in [5.41, 5.74) is 1.63. The molecule has 23 heavy (non-hydrogen) atoms. The van der Waals surface area contributed by atoms with Gasteiger partial charge in [0.05, 0.1) is 0 Å². The number of rotatable bonds is 6. The second-order valence-electron chi connectivity index (χ2n) is 5.23. The highest BCUT2D eigenvalue weighted by atomic mass is 35.5. The van der Waals surface area contributed by atoms with Gasteiger partial charge in [-0.25, -0.2) is 0 Å². The molecule has 0 fully saturated rings. The molecule has 120 valence electrons. The number of nitrogens with one attached hydrogen (secondary N) is 2. The standard InChI is InChI=1S/C18H19ClN2O2/c1-13(21-18(23)15-5-3-2-4-6-15)17(22)20-12-11-14-7-9-16(19)10-8-14/h2-10,13H,11-12H2,1H3,(H,20,22)(H,21,23). The number of amides is 2. The average molecular weight is 331 g/mol. The van der Waals surface area contributed by atoms with Crippen LogP contribution in [-0.2, 0) is 11.2 Å². The summed E-state index contributed by atoms with van der Waals surface area (Å²) in [6.07, 6.45) is 0.711. The molecule has 0 saturated heterocycles. The zero-order valence-corrected chi connectivity index (χ0v) is 13.6. The van der Waals surface area contributed by atoms with Crippen molar-refractivity contribution >= 4 is 23.4 Å². The zero-order valence-electron chi connectivity index (χ0n) is 12.9. The molecule has 2 aromatic carbocycles. The van der Waals surface area contributed by atoms with Crippen molar-refractivity contribution in [2.45, 2.75) is 19.4 Å². The Morgan fingerprint density at radius 3 is 2.35 bits per heavy atom. The van der Waals surface area contributed by atoms with E-state index in [1.807, 2.05) is 30.3 Å². The predicted molar refractivity (Wildman–Crippen MR) is 91.5 cm³/mol. The Bertz CT molecular complexity index is 656. The van der Waals surface area contributed by atoms with E-state index >= 15 is 0 Å². The highest BCUT2D eigenvalue weighted by Gasteiger charge is 2.15. The Kier molecular flexibility index (Phi) is 6.18. The Morgan fingerprint density at radius 1 is 1.04 bits per heavy atom. The molecule has 0 radical (unpaired) electrons. The van der Waals surface area contributed by atoms with Crippen LogP contribution in [0.5, 0.6) is 0 Å². The largest absolute Gasteiger partial charge is 0.354 e. The van der Waals surface area contributed by atoms with Crippen LogP contribution in [0.4, 0.5) is 0 Å². The van der Waals surface area contributed by atoms with Crippen LogP contribution in [0.15, 0.2) is 54.6 Å². The summed E-state index contributed by atoms with van der Waals surface area (Å²) < 4.78 is 0. The summed E-state index contributed by atoms with van der Waals surface area (Å²) in [5.74, 6) is -0.464. The summed E-state index contributed by atoms with van der Waals surface area (Å²) in [7, 11) is 0. The van der Waals surface area contributed by atoms with Gasteiger partial charge in [0.1, 0.15) is 6.04 Å². The fraction of sp³-hybridized carbons (Fsp3) is 0.222. The minimum Gasteiger partial charge on any atom is -0.354 e. The van der Waals surface area contributed by atoms with Crippen molar-refractivity contribution in [1.29, 1.82) is 0 Å². The van der Waals surface area contributed by atoms with Gasteiger partial charge >= 0.3 is 0 Å². The summed E-state index contributed by atoms with van der Waals surface area (Å²) in [4.78, 5) is 24.0. The lowest BCUT2D eigenvalue weighted by molar-refractivity contribution is -0.122. The van der Waals surface area contributed by atoms with Crippen molar-refractivity contribution in [3.8, 4) is 0 Å². The van der Waals surface area contributed by atoms with Gasteiger partial charge in [0.15, 0.2) is 0 Å². The van der Waals surface area contributed by atoms with E-state index in [1.54, 1.807) is 31.2 Å². The highest BCUT2D eigenvalue weighted by molar-refractivity contribution is 6.30. The van der Waals surface area contributed by atoms with Crippen LogP contribution in [0.1, 0.15) is 22.8 Å². The maximum absolute atomic E-state index is 12.0. The van der Waals surface area contributed by atoms with Crippen LogP contribution < -0.4 is 10.6 Å². The number of hydrogen-bond donors (Lipinski definition) is 2. The second kappa shape index (κ2) is 8.34. The molecule has 0 heterocycles. The minimum absolute atomic E-state index is 0.205. The molecular formula is C18H19ClN2O2. The van der Waals surface area contributed by atoms with Gasteiger partial charge in [-0.15, -0.1) is 0 Å². The number of hydrogen-bond acceptors (Lipinski definition) is 2. The third-order valence-electron chi connectivity index (χ3n) is 3.40. The molecule has 1 unspecified atom stereocenters. The molecule has 0 spiro atoms. The normalized spacial score (nSPS) is 11.6. The Labute approximate surface area is 140 Å². The lowest BCUT2D eigenvalue weighted by Crippen LogP contribution is -2.45. The van der Waals surface area contributed by atoms with E-state index in [9.17, 15) is 9.59 Å². The third kappa shape index (κ3) is 5.42. The molecule has 2 N–H and O–H groups in total. The van der Waals surface area contributed by atoms with Gasteiger partial charge in [0, 0.05) is 17.1 Å². The monoisotopic (exact) mass is 330 g/mol. The smallest absolute Gasteiger partial charge is 0.251 e. The van der Waals surface area contributed by atoms with Gasteiger partial charge in [-0.05, 0) is 43.2 Å². The van der Waals surface area contributed by atoms with Crippen molar-refractivity contribution < 1.29 is 9.59 Å². The number of benzene rings is 2. The SMILES string of the molecule is CC(NC(=O)c1ccccc1)C(=O)NCCc1ccc(Cl)cc1. The molecule has 2 aromatic rings. The molecule has 0 bridgehead atoms. The highest BCUT2D eigenvalue weighted by Crippen LogP contribution is 2.09. The molecule has 0 aliphatic rings. The summed E-state index contributed by atoms with van der Waals surface area (Å²) in [6.45, 7) is 2.17. The molecule has 2 rings (SSSR count). The first kappa shape index (κ1) is 17.0. The number of halogens is 1. The molecular weight excluding hydrogens is 312 g/mol. The Hall–Kier alpha value is -2.33. The van der Waals surface area contributed by atoms with Gasteiger partial charge in [-0.3, -0.25) is 9.59 Å². The van der Waals surface area contributed by atoms with Crippen molar-refractivity contribution in [2.24, 2.45) is 0 Å². The predicted octanol–water partition coefficient (Wildman–Crippen LogP) is 2.82. The fourth-order valence-corrected chi connectivity index (χ4v) is 2.20. The second-order valence-corrected chi connectivity index (χ2v) is 5.67. The Morgan fingerprint density at radius 2 is 1.70 bits per heavy atom.